The predicted molar refractivity (Wildman–Crippen MR) is 75.7 cm³/mol. The Labute approximate surface area is 110 Å². The van der Waals surface area contributed by atoms with Gasteiger partial charge in [0.2, 0.25) is 0 Å². The van der Waals surface area contributed by atoms with Gasteiger partial charge in [0.25, 0.3) is 0 Å². The molecule has 1 aromatic carbocycles. The van der Waals surface area contributed by atoms with Gasteiger partial charge in [0, 0.05) is 24.9 Å². The van der Waals surface area contributed by atoms with Crippen molar-refractivity contribution in [1.29, 1.82) is 0 Å². The van der Waals surface area contributed by atoms with Crippen molar-refractivity contribution in [1.82, 2.24) is 9.55 Å². The maximum atomic E-state index is 4.13. The number of hydrogen-bond donors (Lipinski definition) is 0. The van der Waals surface area contributed by atoms with Crippen molar-refractivity contribution in [3.63, 3.8) is 0 Å². The van der Waals surface area contributed by atoms with Crippen molar-refractivity contribution in [3.05, 3.63) is 54.1 Å². The highest BCUT2D eigenvalue weighted by atomic mass is 15.0. The van der Waals surface area contributed by atoms with Gasteiger partial charge in [-0.2, -0.15) is 0 Å². The van der Waals surface area contributed by atoms with E-state index in [2.05, 4.69) is 53.9 Å². The summed E-state index contributed by atoms with van der Waals surface area (Å²) in [5.74, 6) is 0.598. The third-order valence-corrected chi connectivity index (χ3v) is 3.52. The molecule has 0 saturated carbocycles. The first-order valence-corrected chi connectivity index (χ1v) is 6.82. The summed E-state index contributed by atoms with van der Waals surface area (Å²) in [4.78, 5) is 4.13. The molecule has 0 aliphatic carbocycles. The van der Waals surface area contributed by atoms with Crippen LogP contribution in [0.25, 0.3) is 0 Å². The third kappa shape index (κ3) is 3.22. The van der Waals surface area contributed by atoms with Crippen LogP contribution < -0.4 is 0 Å². The molecule has 1 heterocycles. The Morgan fingerprint density at radius 3 is 2.78 bits per heavy atom. The first-order chi connectivity index (χ1) is 8.81. The van der Waals surface area contributed by atoms with E-state index >= 15 is 0 Å². The van der Waals surface area contributed by atoms with Crippen molar-refractivity contribution in [2.24, 2.45) is 0 Å². The molecule has 0 amide bonds. The van der Waals surface area contributed by atoms with Gasteiger partial charge in [-0.05, 0) is 24.5 Å². The molecule has 2 heteroatoms. The van der Waals surface area contributed by atoms with Crippen molar-refractivity contribution in [3.8, 4) is 0 Å². The number of rotatable bonds is 6. The lowest BCUT2D eigenvalue weighted by molar-refractivity contribution is 0.503. The molecule has 2 aromatic rings. The van der Waals surface area contributed by atoms with Crippen molar-refractivity contribution >= 4 is 0 Å². The van der Waals surface area contributed by atoms with E-state index in [0.29, 0.717) is 5.92 Å². The normalized spacial score (nSPS) is 12.6. The minimum Gasteiger partial charge on any atom is -0.337 e. The topological polar surface area (TPSA) is 17.8 Å². The molecule has 2 nitrogen and oxygen atoms in total. The first kappa shape index (κ1) is 12.9. The molecule has 0 saturated heterocycles. The number of benzene rings is 1. The molecule has 1 aromatic heterocycles. The Morgan fingerprint density at radius 1 is 1.28 bits per heavy atom. The van der Waals surface area contributed by atoms with Gasteiger partial charge >= 0.3 is 0 Å². The Hall–Kier alpha value is -1.57. The zero-order valence-electron chi connectivity index (χ0n) is 11.3. The van der Waals surface area contributed by atoms with Crippen molar-refractivity contribution < 1.29 is 0 Å². The summed E-state index contributed by atoms with van der Waals surface area (Å²) in [5, 5.41) is 0. The second-order valence-electron chi connectivity index (χ2n) is 4.96. The van der Waals surface area contributed by atoms with E-state index in [9.17, 15) is 0 Å². The third-order valence-electron chi connectivity index (χ3n) is 3.52. The zero-order chi connectivity index (χ0) is 12.8. The van der Waals surface area contributed by atoms with Gasteiger partial charge in [-0.1, -0.05) is 44.0 Å². The predicted octanol–water partition coefficient (Wildman–Crippen LogP) is 4.17. The zero-order valence-corrected chi connectivity index (χ0v) is 11.3. The van der Waals surface area contributed by atoms with Gasteiger partial charge in [0.1, 0.15) is 0 Å². The second-order valence-corrected chi connectivity index (χ2v) is 4.96. The molecule has 18 heavy (non-hydrogen) atoms. The molecule has 96 valence electrons. The van der Waals surface area contributed by atoms with Crippen molar-refractivity contribution in [2.75, 3.05) is 0 Å². The van der Waals surface area contributed by atoms with E-state index in [4.69, 9.17) is 0 Å². The minimum absolute atomic E-state index is 0.598. The molecule has 0 fully saturated rings. The van der Waals surface area contributed by atoms with Crippen LogP contribution in [0.3, 0.4) is 0 Å². The summed E-state index contributed by atoms with van der Waals surface area (Å²) in [6.45, 7) is 5.50. The average Bonchev–Trinajstić information content (AvgIpc) is 2.88. The summed E-state index contributed by atoms with van der Waals surface area (Å²) < 4.78 is 2.19. The highest BCUT2D eigenvalue weighted by Gasteiger charge is 2.13. The van der Waals surface area contributed by atoms with Gasteiger partial charge in [-0.3, -0.25) is 0 Å². The molecule has 0 spiro atoms. The van der Waals surface area contributed by atoms with Crippen LogP contribution in [0.4, 0.5) is 0 Å². The maximum absolute atomic E-state index is 4.13. The fourth-order valence-electron chi connectivity index (χ4n) is 2.49. The molecule has 2 rings (SSSR count). The van der Waals surface area contributed by atoms with Crippen LogP contribution >= 0.6 is 0 Å². The van der Waals surface area contributed by atoms with E-state index in [1.165, 1.54) is 30.4 Å². The fraction of sp³-hybridized carbons (Fsp3) is 0.438. The fourth-order valence-corrected chi connectivity index (χ4v) is 2.49. The quantitative estimate of drug-likeness (QED) is 0.743. The molecule has 1 atom stereocenters. The monoisotopic (exact) mass is 242 g/mol. The summed E-state index contributed by atoms with van der Waals surface area (Å²) in [7, 11) is 0. The molecule has 0 N–H and O–H groups in total. The number of unbranched alkanes of at least 4 members (excludes halogenated alkanes) is 1. The average molecular weight is 242 g/mol. The van der Waals surface area contributed by atoms with Gasteiger partial charge in [0.15, 0.2) is 0 Å². The van der Waals surface area contributed by atoms with Crippen LogP contribution in [0.1, 0.15) is 43.2 Å². The Balaban J connectivity index is 2.16. The van der Waals surface area contributed by atoms with Crippen LogP contribution in [0.15, 0.2) is 43.0 Å². The first-order valence-electron chi connectivity index (χ1n) is 6.82. The van der Waals surface area contributed by atoms with E-state index in [0.717, 1.165) is 6.54 Å². The number of imidazole rings is 1. The van der Waals surface area contributed by atoms with Crippen LogP contribution in [0.2, 0.25) is 0 Å². The number of nitrogens with zero attached hydrogens (tertiary/aromatic N) is 2. The smallest absolute Gasteiger partial charge is 0.0946 e. The number of aromatic nitrogens is 2. The standard InChI is InChI=1S/C16H22N2/c1-3-4-8-15(12-18-11-10-17-13-18)16-9-6-5-7-14(16)2/h5-7,9-11,13,15H,3-4,8,12H2,1-2H3. The van der Waals surface area contributed by atoms with Crippen LogP contribution in [-0.4, -0.2) is 9.55 Å². The molecule has 0 radical (unpaired) electrons. The second kappa shape index (κ2) is 6.39. The maximum Gasteiger partial charge on any atom is 0.0946 e. The number of aryl methyl sites for hydroxylation is 1. The highest BCUT2D eigenvalue weighted by Crippen LogP contribution is 2.26. The molecule has 0 aliphatic rings. The van der Waals surface area contributed by atoms with Crippen LogP contribution in [0, 0.1) is 6.92 Å². The molecule has 1 unspecified atom stereocenters. The Kier molecular flexibility index (Phi) is 4.57. The SMILES string of the molecule is CCCCC(Cn1ccnc1)c1ccccc1C. The van der Waals surface area contributed by atoms with E-state index < -0.39 is 0 Å². The van der Waals surface area contributed by atoms with Crippen LogP contribution in [0.5, 0.6) is 0 Å². The Bertz CT molecular complexity index is 460. The van der Waals surface area contributed by atoms with E-state index in [-0.39, 0.29) is 0 Å². The summed E-state index contributed by atoms with van der Waals surface area (Å²) >= 11 is 0. The molecule has 0 aliphatic heterocycles. The molecular weight excluding hydrogens is 220 g/mol. The lowest BCUT2D eigenvalue weighted by atomic mass is 9.90. The largest absolute Gasteiger partial charge is 0.337 e. The Morgan fingerprint density at radius 2 is 2.11 bits per heavy atom. The summed E-state index contributed by atoms with van der Waals surface area (Å²) in [6.07, 6.45) is 9.61. The summed E-state index contributed by atoms with van der Waals surface area (Å²) in [5.41, 5.74) is 2.89. The summed E-state index contributed by atoms with van der Waals surface area (Å²) in [6, 6.07) is 8.75. The lowest BCUT2D eigenvalue weighted by Gasteiger charge is -2.19. The van der Waals surface area contributed by atoms with Gasteiger partial charge in [0.05, 0.1) is 6.33 Å². The van der Waals surface area contributed by atoms with E-state index in [1.54, 1.807) is 0 Å². The van der Waals surface area contributed by atoms with Crippen molar-refractivity contribution in [2.45, 2.75) is 45.6 Å². The van der Waals surface area contributed by atoms with Gasteiger partial charge in [-0.15, -0.1) is 0 Å². The van der Waals surface area contributed by atoms with E-state index in [1.807, 2.05) is 12.5 Å². The lowest BCUT2D eigenvalue weighted by Crippen LogP contribution is -2.09. The minimum atomic E-state index is 0.598. The number of hydrogen-bond acceptors (Lipinski definition) is 1. The van der Waals surface area contributed by atoms with Crippen LogP contribution in [-0.2, 0) is 6.54 Å². The van der Waals surface area contributed by atoms with Gasteiger partial charge in [-0.25, -0.2) is 4.98 Å². The molecular formula is C16H22N2. The molecule has 0 bridgehead atoms. The highest BCUT2D eigenvalue weighted by molar-refractivity contribution is 5.29. The van der Waals surface area contributed by atoms with Gasteiger partial charge < -0.3 is 4.57 Å².